The number of nitro groups is 1. The van der Waals surface area contributed by atoms with Crippen LogP contribution in [0.4, 0.5) is 11.4 Å². The van der Waals surface area contributed by atoms with Crippen molar-refractivity contribution in [2.24, 2.45) is 0 Å². The number of nitro benzene ring substituents is 1. The van der Waals surface area contributed by atoms with E-state index in [4.69, 9.17) is 11.6 Å². The van der Waals surface area contributed by atoms with Crippen molar-refractivity contribution in [2.75, 3.05) is 17.1 Å². The predicted molar refractivity (Wildman–Crippen MR) is 147 cm³/mol. The third-order valence-corrected chi connectivity index (χ3v) is 8.07. The summed E-state index contributed by atoms with van der Waals surface area (Å²) in [5.74, 6) is -0.961. The highest BCUT2D eigenvalue weighted by Crippen LogP contribution is 2.28. The first-order chi connectivity index (χ1) is 17.9. The second kappa shape index (κ2) is 12.6. The van der Waals surface area contributed by atoms with Gasteiger partial charge in [0.25, 0.3) is 5.69 Å². The molecule has 38 heavy (non-hydrogen) atoms. The number of benzene rings is 2. The van der Waals surface area contributed by atoms with Gasteiger partial charge in [0.2, 0.25) is 21.8 Å². The van der Waals surface area contributed by atoms with Crippen LogP contribution in [-0.4, -0.2) is 54.9 Å². The molecule has 206 valence electrons. The predicted octanol–water partition coefficient (Wildman–Crippen LogP) is 4.19. The number of halogens is 1. The Morgan fingerprint density at radius 3 is 2.45 bits per heavy atom. The molecule has 0 bridgehead atoms. The summed E-state index contributed by atoms with van der Waals surface area (Å²) in [4.78, 5) is 38.9. The molecule has 12 heteroatoms. The van der Waals surface area contributed by atoms with Crippen molar-refractivity contribution < 1.29 is 22.9 Å². The van der Waals surface area contributed by atoms with Gasteiger partial charge in [-0.1, -0.05) is 49.1 Å². The monoisotopic (exact) mass is 564 g/mol. The molecule has 0 saturated heterocycles. The summed E-state index contributed by atoms with van der Waals surface area (Å²) < 4.78 is 26.4. The lowest BCUT2D eigenvalue weighted by atomic mass is 9.95. The maximum absolute atomic E-state index is 13.7. The molecule has 2 aromatic rings. The molecule has 1 aliphatic carbocycles. The van der Waals surface area contributed by atoms with Crippen LogP contribution in [0.25, 0.3) is 0 Å². The van der Waals surface area contributed by atoms with Crippen molar-refractivity contribution >= 4 is 44.8 Å². The van der Waals surface area contributed by atoms with E-state index in [1.807, 2.05) is 0 Å². The zero-order valence-corrected chi connectivity index (χ0v) is 23.3. The van der Waals surface area contributed by atoms with Gasteiger partial charge in [0.1, 0.15) is 12.6 Å². The molecule has 0 aromatic heterocycles. The van der Waals surface area contributed by atoms with Crippen molar-refractivity contribution in [1.29, 1.82) is 0 Å². The molecule has 0 heterocycles. The Labute approximate surface area is 228 Å². The summed E-state index contributed by atoms with van der Waals surface area (Å²) >= 11 is 6.14. The lowest BCUT2D eigenvalue weighted by Gasteiger charge is -2.33. The Bertz CT molecular complexity index is 1300. The first-order valence-corrected chi connectivity index (χ1v) is 14.7. The van der Waals surface area contributed by atoms with Crippen molar-refractivity contribution in [3.8, 4) is 0 Å². The third kappa shape index (κ3) is 7.67. The number of anilines is 1. The largest absolute Gasteiger partial charge is 0.352 e. The van der Waals surface area contributed by atoms with Crippen LogP contribution in [0.2, 0.25) is 5.02 Å². The number of rotatable bonds is 10. The fourth-order valence-corrected chi connectivity index (χ4v) is 5.67. The Balaban J connectivity index is 1.93. The van der Waals surface area contributed by atoms with Crippen molar-refractivity contribution in [3.05, 3.63) is 68.7 Å². The zero-order chi connectivity index (χ0) is 28.0. The van der Waals surface area contributed by atoms with E-state index in [0.29, 0.717) is 16.1 Å². The summed E-state index contributed by atoms with van der Waals surface area (Å²) in [7, 11) is -4.02. The number of carbonyl (C=O) groups excluding carboxylic acids is 2. The summed E-state index contributed by atoms with van der Waals surface area (Å²) in [6.45, 7) is 2.59. The lowest BCUT2D eigenvalue weighted by Crippen LogP contribution is -2.53. The van der Waals surface area contributed by atoms with Gasteiger partial charge in [0.15, 0.2) is 0 Å². The van der Waals surface area contributed by atoms with E-state index in [1.165, 1.54) is 17.0 Å². The number of non-ortho nitro benzene ring substituents is 1. The first-order valence-electron chi connectivity index (χ1n) is 12.4. The normalized spacial score (nSPS) is 14.9. The third-order valence-electron chi connectivity index (χ3n) is 6.71. The molecule has 2 aromatic carbocycles. The van der Waals surface area contributed by atoms with Gasteiger partial charge in [-0.3, -0.25) is 24.0 Å². The summed E-state index contributed by atoms with van der Waals surface area (Å²) in [5, 5.41) is 14.8. The fourth-order valence-electron chi connectivity index (χ4n) is 4.56. The van der Waals surface area contributed by atoms with Crippen LogP contribution in [0, 0.1) is 17.0 Å². The average Bonchev–Trinajstić information content (AvgIpc) is 2.85. The number of hydrogen-bond donors (Lipinski definition) is 1. The van der Waals surface area contributed by atoms with E-state index in [2.05, 4.69) is 5.32 Å². The van der Waals surface area contributed by atoms with E-state index in [-0.39, 0.29) is 29.9 Å². The molecule has 0 aliphatic heterocycles. The molecule has 1 aliphatic rings. The van der Waals surface area contributed by atoms with Gasteiger partial charge in [-0.15, -0.1) is 0 Å². The molecule has 1 N–H and O–H groups in total. The molecule has 2 amide bonds. The Morgan fingerprint density at radius 2 is 1.84 bits per heavy atom. The molecular weight excluding hydrogens is 532 g/mol. The Hall–Kier alpha value is -3.18. The van der Waals surface area contributed by atoms with Crippen molar-refractivity contribution in [1.82, 2.24) is 10.2 Å². The van der Waals surface area contributed by atoms with Crippen molar-refractivity contribution in [3.63, 3.8) is 0 Å². The second-order valence-electron chi connectivity index (χ2n) is 9.67. The maximum Gasteiger partial charge on any atom is 0.271 e. The maximum atomic E-state index is 13.7. The number of amides is 2. The van der Waals surface area contributed by atoms with E-state index < -0.39 is 33.4 Å². The highest BCUT2D eigenvalue weighted by molar-refractivity contribution is 7.92. The van der Waals surface area contributed by atoms with Crippen LogP contribution in [0.3, 0.4) is 0 Å². The lowest BCUT2D eigenvalue weighted by molar-refractivity contribution is -0.384. The Morgan fingerprint density at radius 1 is 1.16 bits per heavy atom. The van der Waals surface area contributed by atoms with Gasteiger partial charge >= 0.3 is 0 Å². The summed E-state index contributed by atoms with van der Waals surface area (Å²) in [6, 6.07) is 9.80. The van der Waals surface area contributed by atoms with E-state index >= 15 is 0 Å². The van der Waals surface area contributed by atoms with Crippen LogP contribution in [0.15, 0.2) is 42.5 Å². The van der Waals surface area contributed by atoms with Gasteiger partial charge < -0.3 is 10.2 Å². The van der Waals surface area contributed by atoms with Crippen molar-refractivity contribution in [2.45, 2.75) is 64.6 Å². The van der Waals surface area contributed by atoms with Crippen LogP contribution >= 0.6 is 11.6 Å². The van der Waals surface area contributed by atoms with Gasteiger partial charge in [0, 0.05) is 29.7 Å². The van der Waals surface area contributed by atoms with Crippen LogP contribution in [0.5, 0.6) is 0 Å². The molecule has 1 fully saturated rings. The number of sulfonamides is 1. The number of nitrogens with zero attached hydrogens (tertiary/aromatic N) is 3. The van der Waals surface area contributed by atoms with Crippen LogP contribution in [-0.2, 0) is 26.2 Å². The molecule has 0 spiro atoms. The van der Waals surface area contributed by atoms with E-state index in [0.717, 1.165) is 48.7 Å². The molecule has 3 rings (SSSR count). The minimum atomic E-state index is -4.02. The Kier molecular flexibility index (Phi) is 9.72. The summed E-state index contributed by atoms with van der Waals surface area (Å²) in [5.41, 5.74) is 0.832. The molecule has 10 nitrogen and oxygen atoms in total. The van der Waals surface area contributed by atoms with E-state index in [9.17, 15) is 28.1 Å². The number of carbonyl (C=O) groups is 2. The van der Waals surface area contributed by atoms with Crippen LogP contribution in [0.1, 0.15) is 50.2 Å². The number of nitrogens with one attached hydrogen (secondary N) is 1. The van der Waals surface area contributed by atoms with Gasteiger partial charge in [-0.2, -0.15) is 0 Å². The highest BCUT2D eigenvalue weighted by atomic mass is 35.5. The standard InChI is InChI=1S/C26H33ClN4O6S/c1-18-12-13-23(31(34)35)15-24(18)30(38(3,36)37)17-25(32)29(16-20-8-7-9-21(27)14-20)19(2)26(33)28-22-10-5-4-6-11-22/h7-9,12-15,19,22H,4-6,10-11,16-17H2,1-3H3,(H,28,33)/t19-/m0/s1. The van der Waals surface area contributed by atoms with Gasteiger partial charge in [-0.25, -0.2) is 8.42 Å². The SMILES string of the molecule is Cc1ccc([N+](=O)[O-])cc1N(CC(=O)N(Cc1cccc(Cl)c1)[C@@H](C)C(=O)NC1CCCCC1)S(C)(=O)=O. The minimum Gasteiger partial charge on any atom is -0.352 e. The minimum absolute atomic E-state index is 0.0180. The molecular formula is C26H33ClN4O6S. The molecule has 1 saturated carbocycles. The fraction of sp³-hybridized carbons (Fsp3) is 0.462. The van der Waals surface area contributed by atoms with Gasteiger partial charge in [0.05, 0.1) is 16.9 Å². The topological polar surface area (TPSA) is 130 Å². The van der Waals surface area contributed by atoms with E-state index in [1.54, 1.807) is 38.1 Å². The summed E-state index contributed by atoms with van der Waals surface area (Å²) in [6.07, 6.45) is 5.84. The molecule has 0 radical (unpaired) electrons. The second-order valence-corrected chi connectivity index (χ2v) is 12.0. The smallest absolute Gasteiger partial charge is 0.271 e. The number of aryl methyl sites for hydroxylation is 1. The molecule has 1 atom stereocenters. The first kappa shape index (κ1) is 29.4. The average molecular weight is 565 g/mol. The van der Waals surface area contributed by atoms with Crippen LogP contribution < -0.4 is 9.62 Å². The zero-order valence-electron chi connectivity index (χ0n) is 21.7. The van der Waals surface area contributed by atoms with Gasteiger partial charge in [-0.05, 0) is 49.9 Å². The molecule has 0 unspecified atom stereocenters. The highest BCUT2D eigenvalue weighted by Gasteiger charge is 2.32. The quantitative estimate of drug-likeness (QED) is 0.340. The number of hydrogen-bond acceptors (Lipinski definition) is 6.